The van der Waals surface area contributed by atoms with Crippen molar-refractivity contribution < 1.29 is 14.0 Å². The van der Waals surface area contributed by atoms with Gasteiger partial charge >= 0.3 is 0 Å². The number of aromatic nitrogens is 1. The Hall–Kier alpha value is -2.86. The number of anilines is 1. The first-order chi connectivity index (χ1) is 13.5. The summed E-state index contributed by atoms with van der Waals surface area (Å²) in [6.45, 7) is 1.05. The molecule has 1 aliphatic heterocycles. The summed E-state index contributed by atoms with van der Waals surface area (Å²) < 4.78 is 13.5. The van der Waals surface area contributed by atoms with Crippen molar-refractivity contribution in [1.82, 2.24) is 9.88 Å². The number of carbonyl (C=O) groups excluding carboxylic acids is 2. The van der Waals surface area contributed by atoms with Gasteiger partial charge in [-0.1, -0.05) is 17.7 Å². The van der Waals surface area contributed by atoms with E-state index in [1.165, 1.54) is 12.1 Å². The molecule has 1 saturated heterocycles. The Morgan fingerprint density at radius 1 is 1.18 bits per heavy atom. The predicted octanol–water partition coefficient (Wildman–Crippen LogP) is 4.23. The van der Waals surface area contributed by atoms with E-state index in [2.05, 4.69) is 4.98 Å². The van der Waals surface area contributed by atoms with Gasteiger partial charge in [-0.3, -0.25) is 9.59 Å². The van der Waals surface area contributed by atoms with Crippen molar-refractivity contribution in [2.24, 2.45) is 0 Å². The van der Waals surface area contributed by atoms with Gasteiger partial charge in [0.25, 0.3) is 5.91 Å². The van der Waals surface area contributed by atoms with Crippen molar-refractivity contribution >= 4 is 40.5 Å². The first-order valence-electron chi connectivity index (χ1n) is 9.12. The number of nitrogens with zero attached hydrogens (tertiary/aromatic N) is 2. The zero-order chi connectivity index (χ0) is 19.7. The van der Waals surface area contributed by atoms with Crippen LogP contribution >= 0.6 is 11.6 Å². The lowest BCUT2D eigenvalue weighted by Gasteiger charge is -2.36. The predicted molar refractivity (Wildman–Crippen MR) is 107 cm³/mol. The molecule has 2 heterocycles. The number of fused-ring (bicyclic) bond motifs is 1. The van der Waals surface area contributed by atoms with Gasteiger partial charge in [0.15, 0.2) is 0 Å². The maximum absolute atomic E-state index is 13.5. The third-order valence-electron chi connectivity index (χ3n) is 5.18. The SMILES string of the molecule is O=CN(c1cccc(F)c1)C1CCN(C(=O)c2cc3cc(Cl)ccc3[nH]2)CC1. The summed E-state index contributed by atoms with van der Waals surface area (Å²) in [6, 6.07) is 13.2. The fourth-order valence-corrected chi connectivity index (χ4v) is 3.91. The Morgan fingerprint density at radius 3 is 2.68 bits per heavy atom. The Bertz CT molecular complexity index is 1030. The van der Waals surface area contributed by atoms with Crippen LogP contribution in [0.25, 0.3) is 10.9 Å². The van der Waals surface area contributed by atoms with Crippen LogP contribution in [0.3, 0.4) is 0 Å². The number of benzene rings is 2. The molecule has 7 heteroatoms. The molecule has 0 spiro atoms. The molecule has 1 N–H and O–H groups in total. The van der Waals surface area contributed by atoms with Crippen LogP contribution < -0.4 is 4.90 Å². The molecule has 2 amide bonds. The van der Waals surface area contributed by atoms with Crippen molar-refractivity contribution in [2.45, 2.75) is 18.9 Å². The first kappa shape index (κ1) is 18.5. The molecule has 1 fully saturated rings. The van der Waals surface area contributed by atoms with E-state index in [1.54, 1.807) is 34.1 Å². The molecule has 0 atom stereocenters. The second kappa shape index (κ2) is 7.64. The van der Waals surface area contributed by atoms with E-state index in [9.17, 15) is 14.0 Å². The fraction of sp³-hybridized carbons (Fsp3) is 0.238. The molecule has 0 bridgehead atoms. The van der Waals surface area contributed by atoms with E-state index in [1.807, 2.05) is 12.1 Å². The van der Waals surface area contributed by atoms with Crippen LogP contribution in [0.1, 0.15) is 23.3 Å². The number of H-pyrrole nitrogens is 1. The van der Waals surface area contributed by atoms with Gasteiger partial charge in [0, 0.05) is 40.7 Å². The highest BCUT2D eigenvalue weighted by atomic mass is 35.5. The number of likely N-dealkylation sites (tertiary alicyclic amines) is 1. The minimum atomic E-state index is -0.379. The molecule has 144 valence electrons. The highest BCUT2D eigenvalue weighted by molar-refractivity contribution is 6.31. The number of halogens is 2. The zero-order valence-electron chi connectivity index (χ0n) is 15.1. The molecule has 3 aromatic rings. The van der Waals surface area contributed by atoms with Crippen LogP contribution in [0.4, 0.5) is 10.1 Å². The molecule has 0 saturated carbocycles. The number of nitrogens with one attached hydrogen (secondary N) is 1. The van der Waals surface area contributed by atoms with E-state index in [0.717, 1.165) is 17.3 Å². The normalized spacial score (nSPS) is 15.0. The average molecular weight is 400 g/mol. The van der Waals surface area contributed by atoms with Crippen LogP contribution in [-0.4, -0.2) is 41.3 Å². The second-order valence-electron chi connectivity index (χ2n) is 6.93. The summed E-state index contributed by atoms with van der Waals surface area (Å²) >= 11 is 6.01. The average Bonchev–Trinajstić information content (AvgIpc) is 3.12. The molecular weight excluding hydrogens is 381 g/mol. The van der Waals surface area contributed by atoms with Gasteiger partial charge in [0.1, 0.15) is 11.5 Å². The lowest BCUT2D eigenvalue weighted by atomic mass is 10.0. The summed E-state index contributed by atoms with van der Waals surface area (Å²) in [5.41, 5.74) is 1.92. The number of hydrogen-bond acceptors (Lipinski definition) is 2. The van der Waals surface area contributed by atoms with Crippen molar-refractivity contribution in [1.29, 1.82) is 0 Å². The van der Waals surface area contributed by atoms with Gasteiger partial charge in [0.2, 0.25) is 6.41 Å². The molecule has 1 aliphatic rings. The van der Waals surface area contributed by atoms with Crippen LogP contribution in [-0.2, 0) is 4.79 Å². The molecule has 4 rings (SSSR count). The lowest BCUT2D eigenvalue weighted by molar-refractivity contribution is -0.108. The molecule has 5 nitrogen and oxygen atoms in total. The minimum Gasteiger partial charge on any atom is -0.351 e. The van der Waals surface area contributed by atoms with Gasteiger partial charge in [-0.05, 0) is 55.3 Å². The second-order valence-corrected chi connectivity index (χ2v) is 7.37. The highest BCUT2D eigenvalue weighted by Gasteiger charge is 2.28. The first-order valence-corrected chi connectivity index (χ1v) is 9.50. The summed E-state index contributed by atoms with van der Waals surface area (Å²) in [5, 5.41) is 1.52. The topological polar surface area (TPSA) is 56.4 Å². The Balaban J connectivity index is 1.45. The Kier molecular flexibility index (Phi) is 5.05. The molecule has 1 aromatic heterocycles. The van der Waals surface area contributed by atoms with Gasteiger partial charge < -0.3 is 14.8 Å². The third kappa shape index (κ3) is 3.60. The molecule has 0 unspecified atom stereocenters. The van der Waals surface area contributed by atoms with Crippen molar-refractivity contribution in [3.8, 4) is 0 Å². The molecule has 0 radical (unpaired) electrons. The zero-order valence-corrected chi connectivity index (χ0v) is 15.8. The Labute approximate surface area is 166 Å². The Morgan fingerprint density at radius 2 is 1.96 bits per heavy atom. The summed E-state index contributed by atoms with van der Waals surface area (Å²) in [7, 11) is 0. The summed E-state index contributed by atoms with van der Waals surface area (Å²) in [6.07, 6.45) is 2.00. The number of carbonyl (C=O) groups is 2. The standard InChI is InChI=1S/C21H19ClFN3O2/c22-15-4-5-19-14(10-15)11-20(24-19)21(28)25-8-6-17(7-9-25)26(13-27)18-3-1-2-16(23)12-18/h1-5,10-13,17,24H,6-9H2. The van der Waals surface area contributed by atoms with E-state index in [0.29, 0.717) is 42.3 Å². The third-order valence-corrected chi connectivity index (χ3v) is 5.41. The van der Waals surface area contributed by atoms with Crippen molar-refractivity contribution in [3.05, 3.63) is 65.1 Å². The maximum Gasteiger partial charge on any atom is 0.270 e. The van der Waals surface area contributed by atoms with Gasteiger partial charge in [-0.25, -0.2) is 4.39 Å². The smallest absolute Gasteiger partial charge is 0.270 e. The number of aromatic amines is 1. The molecule has 28 heavy (non-hydrogen) atoms. The van der Waals surface area contributed by atoms with Crippen LogP contribution in [0.15, 0.2) is 48.5 Å². The van der Waals surface area contributed by atoms with Crippen LogP contribution in [0, 0.1) is 5.82 Å². The largest absolute Gasteiger partial charge is 0.351 e. The molecule has 2 aromatic carbocycles. The quantitative estimate of drug-likeness (QED) is 0.667. The van der Waals surface area contributed by atoms with Gasteiger partial charge in [-0.15, -0.1) is 0 Å². The van der Waals surface area contributed by atoms with Crippen LogP contribution in [0.2, 0.25) is 5.02 Å². The van der Waals surface area contributed by atoms with Crippen LogP contribution in [0.5, 0.6) is 0 Å². The minimum absolute atomic E-state index is 0.0649. The highest BCUT2D eigenvalue weighted by Crippen LogP contribution is 2.25. The number of amides is 2. The van der Waals surface area contributed by atoms with Gasteiger partial charge in [-0.2, -0.15) is 0 Å². The summed E-state index contributed by atoms with van der Waals surface area (Å²) in [5.74, 6) is -0.454. The number of hydrogen-bond donors (Lipinski definition) is 1. The number of rotatable bonds is 4. The maximum atomic E-state index is 13.5. The van der Waals surface area contributed by atoms with Crippen molar-refractivity contribution in [3.63, 3.8) is 0 Å². The van der Waals surface area contributed by atoms with E-state index < -0.39 is 0 Å². The van der Waals surface area contributed by atoms with Gasteiger partial charge in [0.05, 0.1) is 0 Å². The molecular formula is C21H19ClFN3O2. The van der Waals surface area contributed by atoms with E-state index >= 15 is 0 Å². The summed E-state index contributed by atoms with van der Waals surface area (Å²) in [4.78, 5) is 30.9. The van der Waals surface area contributed by atoms with E-state index in [-0.39, 0.29) is 17.8 Å². The fourth-order valence-electron chi connectivity index (χ4n) is 3.73. The number of piperidine rings is 1. The lowest BCUT2D eigenvalue weighted by Crippen LogP contribution is -2.46. The van der Waals surface area contributed by atoms with Crippen molar-refractivity contribution in [2.75, 3.05) is 18.0 Å². The molecule has 0 aliphatic carbocycles. The van der Waals surface area contributed by atoms with E-state index in [4.69, 9.17) is 11.6 Å². The monoisotopic (exact) mass is 399 g/mol.